The summed E-state index contributed by atoms with van der Waals surface area (Å²) in [4.78, 5) is 26.9. The Balaban J connectivity index is 2.19. The number of carbonyl (C=O) groups excluding carboxylic acids is 1. The topological polar surface area (TPSA) is 77.0 Å². The van der Waals surface area contributed by atoms with Crippen LogP contribution >= 0.6 is 0 Å². The lowest BCUT2D eigenvalue weighted by molar-refractivity contribution is 0.0520. The van der Waals surface area contributed by atoms with Crippen molar-refractivity contribution in [3.63, 3.8) is 0 Å². The van der Waals surface area contributed by atoms with Gasteiger partial charge in [0.2, 0.25) is 5.56 Å². The van der Waals surface area contributed by atoms with Gasteiger partial charge in [0.1, 0.15) is 5.65 Å². The van der Waals surface area contributed by atoms with E-state index in [0.717, 1.165) is 31.2 Å². The lowest BCUT2D eigenvalue weighted by Gasteiger charge is -2.22. The molecule has 1 fully saturated rings. The Morgan fingerprint density at radius 3 is 2.82 bits per heavy atom. The van der Waals surface area contributed by atoms with Crippen molar-refractivity contribution in [2.24, 2.45) is 0 Å². The molecule has 2 heterocycles. The standard InChI is InChI=1S/C16H21N3O3/c1-3-22-16(21)14-13-10(2)9-12(20)17-15(13)19(18-14)11-7-5-4-6-8-11/h9,11H,3-8H2,1-2H3,(H,17,20). The molecule has 0 radical (unpaired) electrons. The van der Waals surface area contributed by atoms with Crippen LogP contribution in [0.2, 0.25) is 0 Å². The Kier molecular flexibility index (Phi) is 4.00. The maximum atomic E-state index is 12.2. The second kappa shape index (κ2) is 5.94. The van der Waals surface area contributed by atoms with Crippen LogP contribution in [0.15, 0.2) is 10.9 Å². The number of ether oxygens (including phenoxy) is 1. The van der Waals surface area contributed by atoms with E-state index in [1.807, 2.05) is 11.6 Å². The van der Waals surface area contributed by atoms with Gasteiger partial charge in [0.25, 0.3) is 0 Å². The molecule has 2 aromatic heterocycles. The fourth-order valence-electron chi connectivity index (χ4n) is 3.28. The van der Waals surface area contributed by atoms with Crippen molar-refractivity contribution in [3.8, 4) is 0 Å². The first kappa shape index (κ1) is 14.8. The van der Waals surface area contributed by atoms with Crippen LogP contribution in [0.1, 0.15) is 61.1 Å². The van der Waals surface area contributed by atoms with Crippen LogP contribution in [0.5, 0.6) is 0 Å². The van der Waals surface area contributed by atoms with Crippen LogP contribution in [0, 0.1) is 6.92 Å². The lowest BCUT2D eigenvalue weighted by Crippen LogP contribution is -2.17. The summed E-state index contributed by atoms with van der Waals surface area (Å²) in [5, 5.41) is 5.20. The quantitative estimate of drug-likeness (QED) is 0.884. The van der Waals surface area contributed by atoms with Gasteiger partial charge in [-0.15, -0.1) is 0 Å². The number of nitrogens with one attached hydrogen (secondary N) is 1. The third-order valence-corrected chi connectivity index (χ3v) is 4.28. The van der Waals surface area contributed by atoms with Crippen LogP contribution in [0.3, 0.4) is 0 Å². The van der Waals surface area contributed by atoms with Crippen molar-refractivity contribution in [1.82, 2.24) is 14.8 Å². The molecule has 6 nitrogen and oxygen atoms in total. The monoisotopic (exact) mass is 303 g/mol. The van der Waals surface area contributed by atoms with E-state index in [0.29, 0.717) is 23.3 Å². The normalized spacial score (nSPS) is 16.1. The number of aromatic amines is 1. The number of hydrogen-bond acceptors (Lipinski definition) is 4. The van der Waals surface area contributed by atoms with Gasteiger partial charge in [-0.3, -0.25) is 4.79 Å². The van der Waals surface area contributed by atoms with Gasteiger partial charge < -0.3 is 9.72 Å². The second-order valence-electron chi connectivity index (χ2n) is 5.85. The van der Waals surface area contributed by atoms with Gasteiger partial charge in [-0.1, -0.05) is 19.3 Å². The molecule has 118 valence electrons. The van der Waals surface area contributed by atoms with Crippen LogP contribution in [0.25, 0.3) is 11.0 Å². The third kappa shape index (κ3) is 2.53. The van der Waals surface area contributed by atoms with Gasteiger partial charge in [-0.05, 0) is 32.3 Å². The molecular weight excluding hydrogens is 282 g/mol. The summed E-state index contributed by atoms with van der Waals surface area (Å²) in [5.41, 5.74) is 1.53. The third-order valence-electron chi connectivity index (χ3n) is 4.28. The number of aromatic nitrogens is 3. The first-order valence-corrected chi connectivity index (χ1v) is 7.91. The molecule has 22 heavy (non-hydrogen) atoms. The fourth-order valence-corrected chi connectivity index (χ4v) is 3.28. The highest BCUT2D eigenvalue weighted by atomic mass is 16.5. The van der Waals surface area contributed by atoms with Crippen LogP contribution in [-0.4, -0.2) is 27.3 Å². The SMILES string of the molecule is CCOC(=O)c1nn(C2CCCCC2)c2[nH]c(=O)cc(C)c12. The van der Waals surface area contributed by atoms with Crippen molar-refractivity contribution in [2.75, 3.05) is 6.61 Å². The number of rotatable bonds is 3. The summed E-state index contributed by atoms with van der Waals surface area (Å²) in [6.45, 7) is 3.90. The molecule has 1 saturated carbocycles. The molecule has 3 rings (SSSR count). The van der Waals surface area contributed by atoms with Crippen LogP contribution < -0.4 is 5.56 Å². The maximum absolute atomic E-state index is 12.2. The van der Waals surface area contributed by atoms with Crippen molar-refractivity contribution in [2.45, 2.75) is 52.0 Å². The Morgan fingerprint density at radius 2 is 2.14 bits per heavy atom. The number of esters is 1. The van der Waals surface area contributed by atoms with Crippen LogP contribution in [-0.2, 0) is 4.74 Å². The van der Waals surface area contributed by atoms with Crippen LogP contribution in [0.4, 0.5) is 0 Å². The van der Waals surface area contributed by atoms with Gasteiger partial charge in [-0.2, -0.15) is 5.10 Å². The van der Waals surface area contributed by atoms with Gasteiger partial charge >= 0.3 is 5.97 Å². The first-order valence-electron chi connectivity index (χ1n) is 7.91. The zero-order chi connectivity index (χ0) is 15.7. The van der Waals surface area contributed by atoms with E-state index >= 15 is 0 Å². The molecule has 0 aromatic carbocycles. The zero-order valence-electron chi connectivity index (χ0n) is 13.0. The molecular formula is C16H21N3O3. The minimum atomic E-state index is -0.433. The largest absolute Gasteiger partial charge is 0.461 e. The maximum Gasteiger partial charge on any atom is 0.359 e. The molecule has 0 bridgehead atoms. The lowest BCUT2D eigenvalue weighted by atomic mass is 9.96. The predicted molar refractivity (Wildman–Crippen MR) is 83.2 cm³/mol. The number of nitrogens with zero attached hydrogens (tertiary/aromatic N) is 2. The average Bonchev–Trinajstić information content (AvgIpc) is 2.88. The van der Waals surface area contributed by atoms with E-state index in [4.69, 9.17) is 4.74 Å². The summed E-state index contributed by atoms with van der Waals surface area (Å²) < 4.78 is 6.94. The summed E-state index contributed by atoms with van der Waals surface area (Å²) in [7, 11) is 0. The molecule has 0 unspecified atom stereocenters. The number of aryl methyl sites for hydroxylation is 1. The minimum Gasteiger partial charge on any atom is -0.461 e. The Labute approximate surface area is 128 Å². The molecule has 1 N–H and O–H groups in total. The Bertz CT molecular complexity index is 754. The number of fused-ring (bicyclic) bond motifs is 1. The van der Waals surface area contributed by atoms with E-state index in [-0.39, 0.29) is 11.6 Å². The van der Waals surface area contributed by atoms with E-state index in [1.54, 1.807) is 6.92 Å². The Morgan fingerprint density at radius 1 is 1.41 bits per heavy atom. The molecule has 0 amide bonds. The highest BCUT2D eigenvalue weighted by molar-refractivity contribution is 6.02. The summed E-state index contributed by atoms with van der Waals surface area (Å²) in [6, 6.07) is 1.73. The first-order chi connectivity index (χ1) is 10.6. The minimum absolute atomic E-state index is 0.169. The molecule has 0 saturated heterocycles. The van der Waals surface area contributed by atoms with Crippen molar-refractivity contribution < 1.29 is 9.53 Å². The van der Waals surface area contributed by atoms with Gasteiger partial charge in [0.15, 0.2) is 5.69 Å². The van der Waals surface area contributed by atoms with E-state index in [1.165, 1.54) is 12.5 Å². The number of hydrogen-bond donors (Lipinski definition) is 1. The zero-order valence-corrected chi connectivity index (χ0v) is 13.0. The molecule has 2 aromatic rings. The smallest absolute Gasteiger partial charge is 0.359 e. The number of pyridine rings is 1. The number of carbonyl (C=O) groups is 1. The van der Waals surface area contributed by atoms with E-state index < -0.39 is 5.97 Å². The van der Waals surface area contributed by atoms with E-state index in [9.17, 15) is 9.59 Å². The summed E-state index contributed by atoms with van der Waals surface area (Å²) in [5.74, 6) is -0.433. The highest BCUT2D eigenvalue weighted by Crippen LogP contribution is 2.31. The molecule has 0 aliphatic heterocycles. The fraction of sp³-hybridized carbons (Fsp3) is 0.562. The molecule has 1 aliphatic rings. The molecule has 1 aliphatic carbocycles. The highest BCUT2D eigenvalue weighted by Gasteiger charge is 2.25. The van der Waals surface area contributed by atoms with Crippen molar-refractivity contribution in [3.05, 3.63) is 27.7 Å². The van der Waals surface area contributed by atoms with Gasteiger partial charge in [0.05, 0.1) is 18.0 Å². The average molecular weight is 303 g/mol. The van der Waals surface area contributed by atoms with Gasteiger partial charge in [0, 0.05) is 6.07 Å². The molecule has 0 atom stereocenters. The molecule has 0 spiro atoms. The predicted octanol–water partition coefficient (Wildman–Crippen LogP) is 2.71. The summed E-state index contributed by atoms with van der Waals surface area (Å²) in [6.07, 6.45) is 5.58. The molecule has 6 heteroatoms. The van der Waals surface area contributed by atoms with E-state index in [2.05, 4.69) is 10.1 Å². The Hall–Kier alpha value is -2.11. The summed E-state index contributed by atoms with van der Waals surface area (Å²) >= 11 is 0. The van der Waals surface area contributed by atoms with Crippen molar-refractivity contribution >= 4 is 17.0 Å². The number of H-pyrrole nitrogens is 1. The van der Waals surface area contributed by atoms with Crippen molar-refractivity contribution in [1.29, 1.82) is 0 Å². The second-order valence-corrected chi connectivity index (χ2v) is 5.85. The van der Waals surface area contributed by atoms with Gasteiger partial charge in [-0.25, -0.2) is 9.48 Å².